The van der Waals surface area contributed by atoms with Gasteiger partial charge in [-0.1, -0.05) is 22.8 Å². The second-order valence-electron chi connectivity index (χ2n) is 6.17. The van der Waals surface area contributed by atoms with Crippen molar-refractivity contribution in [1.82, 2.24) is 14.1 Å². The number of fused-ring (bicyclic) bond motifs is 2. The molecule has 1 atom stereocenters. The summed E-state index contributed by atoms with van der Waals surface area (Å²) in [6.07, 6.45) is 7.22. The Bertz CT molecular complexity index is 1120. The standard InChI is InChI=1S/C19H16N7/c1-25-13-21-16-11-14(7-8-17(16)25)22-19-23-18-12-20-9-10-26(18,24-19)15-5-3-2-4-6-15/h2-13H,1H3,(H,22,24)/q+1. The van der Waals surface area contributed by atoms with Crippen LogP contribution in [-0.4, -0.2) is 27.6 Å². The van der Waals surface area contributed by atoms with E-state index in [0.717, 1.165) is 28.2 Å². The third-order valence-electron chi connectivity index (χ3n) is 4.51. The minimum Gasteiger partial charge on any atom is -0.334 e. The van der Waals surface area contributed by atoms with Crippen LogP contribution in [0.4, 0.5) is 11.4 Å². The number of guanidine groups is 1. The molecule has 5 rings (SSSR count). The number of nitrogens with one attached hydrogen (secondary N) is 1. The van der Waals surface area contributed by atoms with Crippen LogP contribution in [0.5, 0.6) is 0 Å². The van der Waals surface area contributed by atoms with E-state index in [2.05, 4.69) is 20.3 Å². The normalized spacial score (nSPS) is 20.8. The Morgan fingerprint density at radius 2 is 1.96 bits per heavy atom. The van der Waals surface area contributed by atoms with Crippen molar-refractivity contribution < 1.29 is 0 Å². The maximum absolute atomic E-state index is 4.83. The van der Waals surface area contributed by atoms with Crippen molar-refractivity contribution in [2.75, 3.05) is 5.32 Å². The molecule has 0 aliphatic carbocycles. The second-order valence-corrected chi connectivity index (χ2v) is 6.17. The molecule has 1 unspecified atom stereocenters. The molecule has 26 heavy (non-hydrogen) atoms. The van der Waals surface area contributed by atoms with Gasteiger partial charge in [-0.15, -0.1) is 0 Å². The molecule has 1 N–H and O–H groups in total. The highest BCUT2D eigenvalue weighted by Crippen LogP contribution is 2.30. The van der Waals surface area contributed by atoms with Crippen LogP contribution >= 0.6 is 0 Å². The van der Waals surface area contributed by atoms with Crippen LogP contribution in [0.25, 0.3) is 11.0 Å². The predicted molar refractivity (Wildman–Crippen MR) is 105 cm³/mol. The number of rotatable bonds is 2. The summed E-state index contributed by atoms with van der Waals surface area (Å²) in [4.78, 5) is 13.2. The number of aliphatic imine (C=N–C) groups is 2. The first-order chi connectivity index (χ1) is 12.7. The van der Waals surface area contributed by atoms with Gasteiger partial charge in [0.1, 0.15) is 6.21 Å². The summed E-state index contributed by atoms with van der Waals surface area (Å²) in [7, 11) is 1.98. The van der Waals surface area contributed by atoms with Crippen molar-refractivity contribution in [3.8, 4) is 0 Å². The summed E-state index contributed by atoms with van der Waals surface area (Å²) in [5.74, 6) is 1.29. The predicted octanol–water partition coefficient (Wildman–Crippen LogP) is 3.23. The number of quaternary nitrogens is 1. The van der Waals surface area contributed by atoms with Crippen molar-refractivity contribution in [2.24, 2.45) is 22.1 Å². The maximum Gasteiger partial charge on any atom is 0.287 e. The topological polar surface area (TPSA) is 66.9 Å². The van der Waals surface area contributed by atoms with Gasteiger partial charge in [-0.2, -0.15) is 4.99 Å². The first-order valence-corrected chi connectivity index (χ1v) is 8.27. The molecule has 0 amide bonds. The molecule has 1 aromatic heterocycles. The minimum absolute atomic E-state index is 0.179. The molecular formula is C19H16N7+. The van der Waals surface area contributed by atoms with E-state index in [9.17, 15) is 0 Å². The Morgan fingerprint density at radius 1 is 1.08 bits per heavy atom. The van der Waals surface area contributed by atoms with E-state index in [-0.39, 0.29) is 4.59 Å². The minimum atomic E-state index is 0.179. The van der Waals surface area contributed by atoms with Crippen molar-refractivity contribution >= 4 is 40.4 Å². The second kappa shape index (κ2) is 5.47. The lowest BCUT2D eigenvalue weighted by Crippen LogP contribution is -2.44. The SMILES string of the molecule is Cn1cnc2cc(NC3=N[N+]4(c5ccccc5)C=CN=CC4=N3)ccc21. The van der Waals surface area contributed by atoms with Gasteiger partial charge in [0.2, 0.25) is 0 Å². The molecule has 126 valence electrons. The van der Waals surface area contributed by atoms with E-state index in [1.807, 2.05) is 66.3 Å². The third-order valence-corrected chi connectivity index (χ3v) is 4.51. The summed E-state index contributed by atoms with van der Waals surface area (Å²) < 4.78 is 2.17. The molecule has 2 aliphatic heterocycles. The Morgan fingerprint density at radius 3 is 2.85 bits per heavy atom. The van der Waals surface area contributed by atoms with Crippen molar-refractivity contribution in [2.45, 2.75) is 0 Å². The Kier molecular flexibility index (Phi) is 3.10. The summed E-state index contributed by atoms with van der Waals surface area (Å²) in [6, 6.07) is 16.1. The number of hydrogen-bond donors (Lipinski definition) is 1. The number of aromatic nitrogens is 2. The number of benzene rings is 2. The first-order valence-electron chi connectivity index (χ1n) is 8.27. The average Bonchev–Trinajstić information content (AvgIpc) is 3.23. The molecule has 0 fully saturated rings. The highest BCUT2D eigenvalue weighted by molar-refractivity contribution is 6.38. The lowest BCUT2D eigenvalue weighted by molar-refractivity contribution is 0.592. The number of anilines is 1. The van der Waals surface area contributed by atoms with Crippen LogP contribution in [0.3, 0.4) is 0 Å². The van der Waals surface area contributed by atoms with Crippen LogP contribution < -0.4 is 9.91 Å². The quantitative estimate of drug-likeness (QED) is 0.727. The van der Waals surface area contributed by atoms with Crippen LogP contribution in [-0.2, 0) is 7.05 Å². The van der Waals surface area contributed by atoms with Crippen LogP contribution in [0.1, 0.15) is 0 Å². The average molecular weight is 342 g/mol. The highest BCUT2D eigenvalue weighted by Gasteiger charge is 2.42. The van der Waals surface area contributed by atoms with E-state index < -0.39 is 0 Å². The fourth-order valence-corrected chi connectivity index (χ4v) is 3.21. The van der Waals surface area contributed by atoms with E-state index >= 15 is 0 Å². The number of nitrogens with zero attached hydrogens (tertiary/aromatic N) is 6. The van der Waals surface area contributed by atoms with Crippen LogP contribution in [0.2, 0.25) is 0 Å². The maximum atomic E-state index is 4.83. The van der Waals surface area contributed by atoms with Gasteiger partial charge in [-0.05, 0) is 23.3 Å². The molecule has 3 heterocycles. The van der Waals surface area contributed by atoms with Gasteiger partial charge in [0.25, 0.3) is 11.8 Å². The van der Waals surface area contributed by atoms with Gasteiger partial charge < -0.3 is 9.88 Å². The molecule has 0 bridgehead atoms. The zero-order valence-corrected chi connectivity index (χ0v) is 14.1. The van der Waals surface area contributed by atoms with Gasteiger partial charge in [0.15, 0.2) is 11.9 Å². The summed E-state index contributed by atoms with van der Waals surface area (Å²) in [5.41, 5.74) is 3.90. The fourth-order valence-electron chi connectivity index (χ4n) is 3.21. The van der Waals surface area contributed by atoms with E-state index in [0.29, 0.717) is 5.96 Å². The molecule has 3 aromatic rings. The number of imidazole rings is 1. The third kappa shape index (κ3) is 2.18. The number of para-hydroxylation sites is 1. The summed E-state index contributed by atoms with van der Waals surface area (Å²) in [6.45, 7) is 0. The van der Waals surface area contributed by atoms with E-state index in [4.69, 9.17) is 5.10 Å². The molecule has 2 aliphatic rings. The molecule has 0 spiro atoms. The first kappa shape index (κ1) is 14.7. The number of hydrogen-bond acceptors (Lipinski definition) is 5. The lowest BCUT2D eigenvalue weighted by Gasteiger charge is -2.23. The molecule has 7 heteroatoms. The monoisotopic (exact) mass is 342 g/mol. The van der Waals surface area contributed by atoms with Gasteiger partial charge in [-0.25, -0.2) is 4.98 Å². The smallest absolute Gasteiger partial charge is 0.287 e. The Hall–Kier alpha value is -3.58. The summed E-state index contributed by atoms with van der Waals surface area (Å²) in [5, 5.41) is 8.12. The Balaban J connectivity index is 1.54. The number of aryl methyl sites for hydroxylation is 1. The van der Waals surface area contributed by atoms with E-state index in [1.54, 1.807) is 18.7 Å². The van der Waals surface area contributed by atoms with Gasteiger partial charge in [-0.3, -0.25) is 4.99 Å². The van der Waals surface area contributed by atoms with Gasteiger partial charge in [0, 0.05) is 24.9 Å². The highest BCUT2D eigenvalue weighted by atomic mass is 15.7. The zero-order valence-electron chi connectivity index (χ0n) is 14.1. The van der Waals surface area contributed by atoms with Crippen molar-refractivity contribution in [3.63, 3.8) is 0 Å². The van der Waals surface area contributed by atoms with E-state index in [1.165, 1.54) is 0 Å². The summed E-state index contributed by atoms with van der Waals surface area (Å²) >= 11 is 0. The van der Waals surface area contributed by atoms with Crippen LogP contribution in [0.15, 0.2) is 82.3 Å². The largest absolute Gasteiger partial charge is 0.334 e. The number of amidine groups is 1. The molecule has 7 nitrogen and oxygen atoms in total. The van der Waals surface area contributed by atoms with Gasteiger partial charge >= 0.3 is 0 Å². The Labute approximate surface area is 149 Å². The van der Waals surface area contributed by atoms with Crippen molar-refractivity contribution in [1.29, 1.82) is 0 Å². The molecule has 0 saturated carbocycles. The molecule has 0 radical (unpaired) electrons. The zero-order chi connectivity index (χ0) is 17.6. The molecule has 2 aromatic carbocycles. The molecular weight excluding hydrogens is 326 g/mol. The molecule has 0 saturated heterocycles. The lowest BCUT2D eigenvalue weighted by atomic mass is 10.2. The van der Waals surface area contributed by atoms with Crippen LogP contribution in [0, 0.1) is 0 Å². The van der Waals surface area contributed by atoms with Crippen molar-refractivity contribution in [3.05, 3.63) is 67.3 Å². The fraction of sp³-hybridized carbons (Fsp3) is 0.0526. The van der Waals surface area contributed by atoms with Gasteiger partial charge in [0.05, 0.1) is 23.6 Å².